The van der Waals surface area contributed by atoms with Gasteiger partial charge in [0.2, 0.25) is 5.91 Å². The van der Waals surface area contributed by atoms with Crippen LogP contribution in [0, 0.1) is 0 Å². The minimum Gasteiger partial charge on any atom is -0.352 e. The first-order valence-electron chi connectivity index (χ1n) is 7.17. The van der Waals surface area contributed by atoms with Gasteiger partial charge in [-0.25, -0.2) is 0 Å². The smallest absolute Gasteiger partial charge is 0.251 e. The van der Waals surface area contributed by atoms with E-state index in [4.69, 9.17) is 0 Å². The third-order valence-electron chi connectivity index (χ3n) is 3.93. The topological polar surface area (TPSA) is 70.2 Å². The van der Waals surface area contributed by atoms with Crippen LogP contribution in [-0.4, -0.2) is 30.9 Å². The van der Waals surface area contributed by atoms with Gasteiger partial charge in [0.25, 0.3) is 5.91 Å². The quantitative estimate of drug-likeness (QED) is 0.768. The third-order valence-corrected chi connectivity index (χ3v) is 3.93. The molecular formula is C15H19N3O2. The fourth-order valence-corrected chi connectivity index (χ4v) is 2.84. The first kappa shape index (κ1) is 13.1. The van der Waals surface area contributed by atoms with Gasteiger partial charge in [0.1, 0.15) is 0 Å². The van der Waals surface area contributed by atoms with Gasteiger partial charge in [0.05, 0.1) is 6.42 Å². The molecule has 0 aliphatic carbocycles. The summed E-state index contributed by atoms with van der Waals surface area (Å²) in [7, 11) is 0. The molecular weight excluding hydrogens is 254 g/mol. The summed E-state index contributed by atoms with van der Waals surface area (Å²) in [6.45, 7) is 1.77. The van der Waals surface area contributed by atoms with Gasteiger partial charge in [-0.15, -0.1) is 0 Å². The van der Waals surface area contributed by atoms with Crippen LogP contribution < -0.4 is 16.0 Å². The van der Waals surface area contributed by atoms with Crippen LogP contribution in [0.5, 0.6) is 0 Å². The summed E-state index contributed by atoms with van der Waals surface area (Å²) >= 11 is 0. The zero-order chi connectivity index (χ0) is 13.9. The van der Waals surface area contributed by atoms with Crippen molar-refractivity contribution in [3.63, 3.8) is 0 Å². The van der Waals surface area contributed by atoms with Gasteiger partial charge >= 0.3 is 0 Å². The van der Waals surface area contributed by atoms with Crippen LogP contribution >= 0.6 is 0 Å². The van der Waals surface area contributed by atoms with Crippen LogP contribution in [0.15, 0.2) is 18.2 Å². The molecule has 0 bridgehead atoms. The Kier molecular flexibility index (Phi) is 3.69. The van der Waals surface area contributed by atoms with E-state index in [1.807, 2.05) is 0 Å². The van der Waals surface area contributed by atoms with Crippen molar-refractivity contribution in [1.82, 2.24) is 10.6 Å². The third kappa shape index (κ3) is 2.82. The highest BCUT2D eigenvalue weighted by molar-refractivity contribution is 6.01. The summed E-state index contributed by atoms with van der Waals surface area (Å²) in [5.74, 6) is -0.0741. The number of anilines is 1. The number of hydrogen-bond donors (Lipinski definition) is 3. The first-order valence-corrected chi connectivity index (χ1v) is 7.17. The summed E-state index contributed by atoms with van der Waals surface area (Å²) in [6, 6.07) is 5.90. The number of amides is 2. The zero-order valence-electron chi connectivity index (χ0n) is 11.4. The van der Waals surface area contributed by atoms with Gasteiger partial charge in [0.15, 0.2) is 0 Å². The summed E-state index contributed by atoms with van der Waals surface area (Å²) in [5.41, 5.74) is 2.35. The molecule has 5 heteroatoms. The zero-order valence-corrected chi connectivity index (χ0v) is 11.4. The van der Waals surface area contributed by atoms with Gasteiger partial charge in [-0.1, -0.05) is 0 Å². The maximum Gasteiger partial charge on any atom is 0.251 e. The van der Waals surface area contributed by atoms with Crippen molar-refractivity contribution in [2.24, 2.45) is 0 Å². The van der Waals surface area contributed by atoms with Gasteiger partial charge in [0, 0.05) is 23.8 Å². The second-order valence-corrected chi connectivity index (χ2v) is 5.43. The summed E-state index contributed by atoms with van der Waals surface area (Å²) in [6.07, 6.45) is 3.76. The van der Waals surface area contributed by atoms with Crippen molar-refractivity contribution in [2.45, 2.75) is 31.7 Å². The van der Waals surface area contributed by atoms with E-state index in [2.05, 4.69) is 16.0 Å². The predicted octanol–water partition coefficient (Wildman–Crippen LogP) is 1.05. The molecule has 1 fully saturated rings. The Bertz CT molecular complexity index is 536. The standard InChI is InChI=1S/C15H19N3O2/c19-14-9-11-8-10(3-4-13(11)18-14)15(20)17-7-5-12-2-1-6-16-12/h3-4,8,12,16H,1-2,5-7,9H2,(H,17,20)(H,18,19)/t12-/m0/s1. The Morgan fingerprint density at radius 3 is 3.10 bits per heavy atom. The first-order chi connectivity index (χ1) is 9.72. The monoisotopic (exact) mass is 273 g/mol. The lowest BCUT2D eigenvalue weighted by Gasteiger charge is -2.11. The molecule has 2 aliphatic rings. The second kappa shape index (κ2) is 5.63. The van der Waals surface area contributed by atoms with Crippen molar-refractivity contribution in [3.8, 4) is 0 Å². The van der Waals surface area contributed by atoms with Crippen LogP contribution in [0.2, 0.25) is 0 Å². The average Bonchev–Trinajstić information content (AvgIpc) is 3.05. The highest BCUT2D eigenvalue weighted by Gasteiger charge is 2.19. The number of nitrogens with one attached hydrogen (secondary N) is 3. The predicted molar refractivity (Wildman–Crippen MR) is 76.8 cm³/mol. The molecule has 0 unspecified atom stereocenters. The molecule has 20 heavy (non-hydrogen) atoms. The van der Waals surface area contributed by atoms with Crippen molar-refractivity contribution < 1.29 is 9.59 Å². The molecule has 1 saturated heterocycles. The maximum absolute atomic E-state index is 12.1. The normalized spacial score (nSPS) is 20.6. The van der Waals surface area contributed by atoms with Crippen LogP contribution in [0.3, 0.4) is 0 Å². The lowest BCUT2D eigenvalue weighted by atomic mass is 10.1. The van der Waals surface area contributed by atoms with Gasteiger partial charge < -0.3 is 16.0 Å². The average molecular weight is 273 g/mol. The van der Waals surface area contributed by atoms with E-state index >= 15 is 0 Å². The fraction of sp³-hybridized carbons (Fsp3) is 0.467. The van der Waals surface area contributed by atoms with Crippen molar-refractivity contribution in [3.05, 3.63) is 29.3 Å². The second-order valence-electron chi connectivity index (χ2n) is 5.43. The molecule has 0 aromatic heterocycles. The van der Waals surface area contributed by atoms with Gasteiger partial charge in [-0.3, -0.25) is 9.59 Å². The highest BCUT2D eigenvalue weighted by atomic mass is 16.2. The molecule has 0 radical (unpaired) electrons. The number of benzene rings is 1. The van der Waals surface area contributed by atoms with Gasteiger partial charge in [-0.05, 0) is 49.6 Å². The Morgan fingerprint density at radius 1 is 1.40 bits per heavy atom. The Morgan fingerprint density at radius 2 is 2.30 bits per heavy atom. The minimum absolute atomic E-state index is 0.00938. The van der Waals surface area contributed by atoms with E-state index in [0.29, 0.717) is 24.6 Å². The van der Waals surface area contributed by atoms with E-state index in [-0.39, 0.29) is 11.8 Å². The van der Waals surface area contributed by atoms with Crippen LogP contribution in [0.4, 0.5) is 5.69 Å². The summed E-state index contributed by atoms with van der Waals surface area (Å²) in [4.78, 5) is 23.3. The molecule has 3 N–H and O–H groups in total. The molecule has 106 valence electrons. The Hall–Kier alpha value is -1.88. The Labute approximate surface area is 118 Å². The Balaban J connectivity index is 1.54. The highest BCUT2D eigenvalue weighted by Crippen LogP contribution is 2.23. The van der Waals surface area contributed by atoms with E-state index in [1.54, 1.807) is 18.2 Å². The molecule has 0 saturated carbocycles. The molecule has 2 amide bonds. The number of fused-ring (bicyclic) bond motifs is 1. The molecule has 0 spiro atoms. The molecule has 1 aromatic rings. The lowest BCUT2D eigenvalue weighted by Crippen LogP contribution is -2.30. The molecule has 3 rings (SSSR count). The molecule has 5 nitrogen and oxygen atoms in total. The number of hydrogen-bond acceptors (Lipinski definition) is 3. The van der Waals surface area contributed by atoms with Crippen molar-refractivity contribution >= 4 is 17.5 Å². The molecule has 1 aromatic carbocycles. The van der Waals surface area contributed by atoms with Crippen LogP contribution in [-0.2, 0) is 11.2 Å². The maximum atomic E-state index is 12.1. The summed E-state index contributed by atoms with van der Waals surface area (Å²) < 4.78 is 0. The summed E-state index contributed by atoms with van der Waals surface area (Å²) in [5, 5.41) is 9.12. The van der Waals surface area contributed by atoms with E-state index in [1.165, 1.54) is 12.8 Å². The van der Waals surface area contributed by atoms with Gasteiger partial charge in [-0.2, -0.15) is 0 Å². The number of rotatable bonds is 4. The molecule has 1 atom stereocenters. The van der Waals surface area contributed by atoms with E-state index in [0.717, 1.165) is 24.2 Å². The van der Waals surface area contributed by atoms with Crippen LogP contribution in [0.25, 0.3) is 0 Å². The largest absolute Gasteiger partial charge is 0.352 e. The van der Waals surface area contributed by atoms with E-state index < -0.39 is 0 Å². The molecule has 2 aliphatic heterocycles. The van der Waals surface area contributed by atoms with Crippen LogP contribution in [0.1, 0.15) is 35.2 Å². The minimum atomic E-state index is -0.0647. The van der Waals surface area contributed by atoms with Crippen molar-refractivity contribution in [2.75, 3.05) is 18.4 Å². The fourth-order valence-electron chi connectivity index (χ4n) is 2.84. The number of carbonyl (C=O) groups excluding carboxylic acids is 2. The number of carbonyl (C=O) groups is 2. The lowest BCUT2D eigenvalue weighted by molar-refractivity contribution is -0.115. The van der Waals surface area contributed by atoms with Crippen molar-refractivity contribution in [1.29, 1.82) is 0 Å². The molecule has 2 heterocycles. The SMILES string of the molecule is O=C1Cc2cc(C(=O)NCC[C@@H]3CCCN3)ccc2N1. The van der Waals surface area contributed by atoms with E-state index in [9.17, 15) is 9.59 Å².